The maximum Gasteiger partial charge on any atom is 0.296 e. The van der Waals surface area contributed by atoms with Gasteiger partial charge >= 0.3 is 0 Å². The van der Waals surface area contributed by atoms with Crippen LogP contribution in [-0.2, 0) is 23.8 Å². The van der Waals surface area contributed by atoms with Gasteiger partial charge in [0.1, 0.15) is 0 Å². The van der Waals surface area contributed by atoms with Crippen LogP contribution in [0.5, 0.6) is 0 Å². The van der Waals surface area contributed by atoms with Gasteiger partial charge in [0.25, 0.3) is 10.1 Å². The lowest BCUT2D eigenvalue weighted by Crippen LogP contribution is -2.49. The normalized spacial score (nSPS) is 20.7. The van der Waals surface area contributed by atoms with Crippen molar-refractivity contribution in [2.45, 2.75) is 43.5 Å². The van der Waals surface area contributed by atoms with Crippen LogP contribution in [-0.4, -0.2) is 39.7 Å². The summed E-state index contributed by atoms with van der Waals surface area (Å²) in [5.41, 5.74) is -0.793. The van der Waals surface area contributed by atoms with E-state index in [2.05, 4.69) is 0 Å². The van der Waals surface area contributed by atoms with Gasteiger partial charge in [-0.05, 0) is 32.9 Å². The molecule has 2 rings (SSSR count). The molecule has 1 saturated heterocycles. The predicted octanol–water partition coefficient (Wildman–Crippen LogP) is 2.58. The minimum absolute atomic E-state index is 0.0586. The maximum atomic E-state index is 14.4. The van der Waals surface area contributed by atoms with Gasteiger partial charge in [0.05, 0.1) is 24.7 Å². The molecule has 0 unspecified atom stereocenters. The van der Waals surface area contributed by atoms with Crippen LogP contribution in [0.4, 0.5) is 4.39 Å². The first-order chi connectivity index (χ1) is 10.1. The van der Waals surface area contributed by atoms with E-state index in [1.807, 2.05) is 6.92 Å². The summed E-state index contributed by atoms with van der Waals surface area (Å²) in [6.07, 6.45) is -0.117. The van der Waals surface area contributed by atoms with Crippen molar-refractivity contribution >= 4 is 10.1 Å². The second kappa shape index (κ2) is 6.23. The molecule has 0 radical (unpaired) electrons. The van der Waals surface area contributed by atoms with Crippen molar-refractivity contribution in [2.75, 3.05) is 19.8 Å². The summed E-state index contributed by atoms with van der Waals surface area (Å²) >= 11 is 0. The van der Waals surface area contributed by atoms with Crippen molar-refractivity contribution in [2.24, 2.45) is 0 Å². The van der Waals surface area contributed by atoms with Crippen molar-refractivity contribution in [1.29, 1.82) is 0 Å². The van der Waals surface area contributed by atoms with Gasteiger partial charge < -0.3 is 9.47 Å². The van der Waals surface area contributed by atoms with Crippen molar-refractivity contribution in [3.8, 4) is 0 Å². The van der Waals surface area contributed by atoms with E-state index in [9.17, 15) is 12.8 Å². The molecule has 22 heavy (non-hydrogen) atoms. The molecule has 1 fully saturated rings. The van der Waals surface area contributed by atoms with Crippen LogP contribution < -0.4 is 0 Å². The number of benzene rings is 1. The Morgan fingerprint density at radius 3 is 2.27 bits per heavy atom. The SMILES string of the molecule is Cc1ccc(S(=O)(=O)OCCC2(F)COC(C)(C)OC2)cc1. The molecule has 0 N–H and O–H groups in total. The molecular weight excluding hydrogens is 311 g/mol. The second-order valence-electron chi connectivity index (χ2n) is 5.97. The van der Waals surface area contributed by atoms with Gasteiger partial charge in [-0.15, -0.1) is 0 Å². The van der Waals surface area contributed by atoms with Crippen LogP contribution in [0.1, 0.15) is 25.8 Å². The average molecular weight is 332 g/mol. The molecule has 0 bridgehead atoms. The number of hydrogen-bond acceptors (Lipinski definition) is 5. The van der Waals surface area contributed by atoms with Crippen molar-refractivity contribution < 1.29 is 26.5 Å². The molecule has 0 spiro atoms. The second-order valence-corrected chi connectivity index (χ2v) is 7.58. The Labute approximate surface area is 130 Å². The van der Waals surface area contributed by atoms with E-state index in [4.69, 9.17) is 13.7 Å². The largest absolute Gasteiger partial charge is 0.347 e. The smallest absolute Gasteiger partial charge is 0.296 e. The fourth-order valence-electron chi connectivity index (χ4n) is 1.94. The van der Waals surface area contributed by atoms with Crippen LogP contribution in [0.2, 0.25) is 0 Å². The molecule has 5 nitrogen and oxygen atoms in total. The Morgan fingerprint density at radius 1 is 1.18 bits per heavy atom. The highest BCUT2D eigenvalue weighted by molar-refractivity contribution is 7.86. The lowest BCUT2D eigenvalue weighted by atomic mass is 10.0. The minimum atomic E-state index is -3.88. The predicted molar refractivity (Wildman–Crippen MR) is 78.8 cm³/mol. The Balaban J connectivity index is 1.89. The number of ether oxygens (including phenoxy) is 2. The molecule has 0 saturated carbocycles. The molecule has 7 heteroatoms. The van der Waals surface area contributed by atoms with E-state index in [1.165, 1.54) is 12.1 Å². The first-order valence-electron chi connectivity index (χ1n) is 7.05. The van der Waals surface area contributed by atoms with Gasteiger partial charge in [0, 0.05) is 6.42 Å². The molecule has 1 aliphatic rings. The Kier molecular flexibility index (Phi) is 4.91. The summed E-state index contributed by atoms with van der Waals surface area (Å²) in [7, 11) is -3.88. The standard InChI is InChI=1S/C15H21FO5S/c1-12-4-6-13(7-5-12)22(17,18)21-9-8-15(16)10-19-14(2,3)20-11-15/h4-7H,8-11H2,1-3H3. The highest BCUT2D eigenvalue weighted by Gasteiger charge is 2.40. The highest BCUT2D eigenvalue weighted by atomic mass is 32.2. The summed E-state index contributed by atoms with van der Waals surface area (Å²) < 4.78 is 53.8. The van der Waals surface area contributed by atoms with Gasteiger partial charge in [-0.2, -0.15) is 8.42 Å². The number of hydrogen-bond donors (Lipinski definition) is 0. The molecule has 0 amide bonds. The molecule has 1 aromatic carbocycles. The number of rotatable bonds is 5. The number of halogens is 1. The number of alkyl halides is 1. The first kappa shape index (κ1) is 17.3. The molecule has 0 aliphatic carbocycles. The van der Waals surface area contributed by atoms with Crippen LogP contribution in [0.25, 0.3) is 0 Å². The molecular formula is C15H21FO5S. The zero-order valence-electron chi connectivity index (χ0n) is 13.0. The number of aryl methyl sites for hydroxylation is 1. The van der Waals surface area contributed by atoms with Crippen LogP contribution in [0.3, 0.4) is 0 Å². The molecule has 1 heterocycles. The van der Waals surface area contributed by atoms with E-state index < -0.39 is 21.6 Å². The topological polar surface area (TPSA) is 61.8 Å². The van der Waals surface area contributed by atoms with Gasteiger partial charge in [0.15, 0.2) is 11.5 Å². The zero-order valence-corrected chi connectivity index (χ0v) is 13.8. The quantitative estimate of drug-likeness (QED) is 0.776. The van der Waals surface area contributed by atoms with E-state index >= 15 is 0 Å². The zero-order chi connectivity index (χ0) is 16.4. The van der Waals surface area contributed by atoms with E-state index in [1.54, 1.807) is 26.0 Å². The molecule has 0 atom stereocenters. The van der Waals surface area contributed by atoms with E-state index in [0.29, 0.717) is 0 Å². The first-order valence-corrected chi connectivity index (χ1v) is 8.46. The minimum Gasteiger partial charge on any atom is -0.347 e. The monoisotopic (exact) mass is 332 g/mol. The molecule has 124 valence electrons. The average Bonchev–Trinajstić information content (AvgIpc) is 2.43. The third-order valence-corrected chi connectivity index (χ3v) is 4.78. The Bertz CT molecular complexity index is 599. The maximum absolute atomic E-state index is 14.4. The third-order valence-electron chi connectivity index (χ3n) is 3.46. The summed E-state index contributed by atoms with van der Waals surface area (Å²) in [6, 6.07) is 6.28. The lowest BCUT2D eigenvalue weighted by molar-refractivity contribution is -0.288. The Morgan fingerprint density at radius 2 is 1.73 bits per heavy atom. The van der Waals surface area contributed by atoms with E-state index in [0.717, 1.165) is 5.56 Å². The fraction of sp³-hybridized carbons (Fsp3) is 0.600. The summed E-state index contributed by atoms with van der Waals surface area (Å²) in [4.78, 5) is 0.0586. The highest BCUT2D eigenvalue weighted by Crippen LogP contribution is 2.29. The van der Waals surface area contributed by atoms with Crippen molar-refractivity contribution in [3.63, 3.8) is 0 Å². The Hall–Kier alpha value is -1.02. The van der Waals surface area contributed by atoms with Gasteiger partial charge in [-0.25, -0.2) is 4.39 Å². The van der Waals surface area contributed by atoms with Crippen LogP contribution >= 0.6 is 0 Å². The lowest BCUT2D eigenvalue weighted by Gasteiger charge is -2.38. The molecule has 1 aliphatic heterocycles. The van der Waals surface area contributed by atoms with Crippen molar-refractivity contribution in [3.05, 3.63) is 29.8 Å². The fourth-order valence-corrected chi connectivity index (χ4v) is 2.85. The van der Waals surface area contributed by atoms with E-state index in [-0.39, 0.29) is 31.1 Å². The van der Waals surface area contributed by atoms with Crippen LogP contribution in [0, 0.1) is 6.92 Å². The third kappa shape index (κ3) is 4.49. The summed E-state index contributed by atoms with van der Waals surface area (Å²) in [5, 5.41) is 0. The van der Waals surface area contributed by atoms with Gasteiger partial charge in [-0.1, -0.05) is 17.7 Å². The van der Waals surface area contributed by atoms with Crippen molar-refractivity contribution in [1.82, 2.24) is 0 Å². The van der Waals surface area contributed by atoms with Crippen LogP contribution in [0.15, 0.2) is 29.2 Å². The van der Waals surface area contributed by atoms with Gasteiger partial charge in [0.2, 0.25) is 0 Å². The summed E-state index contributed by atoms with van der Waals surface area (Å²) in [5.74, 6) is -0.815. The summed E-state index contributed by atoms with van der Waals surface area (Å²) in [6.45, 7) is 4.70. The molecule has 1 aromatic rings. The molecule has 0 aromatic heterocycles. The van der Waals surface area contributed by atoms with Gasteiger partial charge in [-0.3, -0.25) is 4.18 Å².